The van der Waals surface area contributed by atoms with E-state index in [1.54, 1.807) is 6.20 Å². The normalized spacial score (nSPS) is 20.3. The number of hydrogen-bond acceptors (Lipinski definition) is 5. The molecule has 0 amide bonds. The zero-order chi connectivity index (χ0) is 12.8. The van der Waals surface area contributed by atoms with Crippen molar-refractivity contribution >= 4 is 23.4 Å². The lowest BCUT2D eigenvalue weighted by Gasteiger charge is -2.22. The Balaban J connectivity index is 1.80. The Morgan fingerprint density at radius 1 is 1.67 bits per heavy atom. The first kappa shape index (κ1) is 13.2. The number of aliphatic carboxylic acids is 1. The van der Waals surface area contributed by atoms with Gasteiger partial charge in [-0.25, -0.2) is 9.78 Å². The number of carboxylic acids is 1. The molecule has 0 aromatic carbocycles. The molecule has 1 N–H and O–H groups in total. The van der Waals surface area contributed by atoms with E-state index in [9.17, 15) is 4.79 Å². The number of thiazole rings is 1. The molecule has 6 heteroatoms. The summed E-state index contributed by atoms with van der Waals surface area (Å²) >= 11 is 1.42. The lowest BCUT2D eigenvalue weighted by atomic mass is 10.2. The molecule has 1 aliphatic heterocycles. The van der Waals surface area contributed by atoms with Crippen LogP contribution < -0.4 is 0 Å². The molecule has 1 aliphatic rings. The molecule has 0 radical (unpaired) electrons. The smallest absolute Gasteiger partial charge is 0.328 e. The lowest BCUT2D eigenvalue weighted by molar-refractivity contribution is -0.168. The van der Waals surface area contributed by atoms with E-state index in [-0.39, 0.29) is 6.29 Å². The first-order valence-electron chi connectivity index (χ1n) is 5.83. The van der Waals surface area contributed by atoms with Gasteiger partial charge in [0.15, 0.2) is 6.29 Å². The Bertz CT molecular complexity index is 423. The number of carbonyl (C=O) groups is 1. The van der Waals surface area contributed by atoms with Gasteiger partial charge in [-0.3, -0.25) is 0 Å². The molecule has 0 saturated carbocycles. The van der Waals surface area contributed by atoms with Crippen molar-refractivity contribution < 1.29 is 19.4 Å². The Morgan fingerprint density at radius 3 is 3.28 bits per heavy atom. The highest BCUT2D eigenvalue weighted by molar-refractivity contribution is 7.12. The minimum atomic E-state index is -0.961. The van der Waals surface area contributed by atoms with E-state index in [1.807, 2.05) is 0 Å². The number of ether oxygens (including phenoxy) is 2. The molecule has 0 aliphatic carbocycles. The predicted molar refractivity (Wildman–Crippen MR) is 67.2 cm³/mol. The van der Waals surface area contributed by atoms with Crippen LogP contribution >= 0.6 is 11.3 Å². The summed E-state index contributed by atoms with van der Waals surface area (Å²) in [5.41, 5.74) is 0. The predicted octanol–water partition coefficient (Wildman–Crippen LogP) is 2.28. The van der Waals surface area contributed by atoms with Crippen LogP contribution in [0.3, 0.4) is 0 Å². The first-order chi connectivity index (χ1) is 8.74. The Hall–Kier alpha value is -1.24. The molecule has 2 heterocycles. The van der Waals surface area contributed by atoms with Crippen molar-refractivity contribution in [1.82, 2.24) is 4.98 Å². The summed E-state index contributed by atoms with van der Waals surface area (Å²) in [5, 5.41) is 9.34. The van der Waals surface area contributed by atoms with Crippen LogP contribution in [0.2, 0.25) is 0 Å². The second kappa shape index (κ2) is 6.63. The fourth-order valence-corrected chi connectivity index (χ4v) is 2.37. The van der Waals surface area contributed by atoms with Gasteiger partial charge in [0, 0.05) is 23.8 Å². The maximum absolute atomic E-state index is 10.4. The minimum Gasteiger partial charge on any atom is -0.478 e. The monoisotopic (exact) mass is 269 g/mol. The molecule has 1 aromatic rings. The van der Waals surface area contributed by atoms with Gasteiger partial charge in [0.2, 0.25) is 0 Å². The van der Waals surface area contributed by atoms with Crippen LogP contribution in [-0.4, -0.2) is 29.0 Å². The van der Waals surface area contributed by atoms with Crippen LogP contribution in [0.4, 0.5) is 0 Å². The van der Waals surface area contributed by atoms with Gasteiger partial charge in [0.25, 0.3) is 0 Å². The third-order valence-electron chi connectivity index (χ3n) is 2.49. The molecular weight excluding hydrogens is 254 g/mol. The van der Waals surface area contributed by atoms with Gasteiger partial charge in [-0.05, 0) is 25.3 Å². The van der Waals surface area contributed by atoms with E-state index < -0.39 is 5.97 Å². The van der Waals surface area contributed by atoms with Crippen LogP contribution in [0.1, 0.15) is 29.1 Å². The highest BCUT2D eigenvalue weighted by atomic mass is 32.1. The van der Waals surface area contributed by atoms with Gasteiger partial charge >= 0.3 is 5.97 Å². The number of carboxylic acid groups (broad SMARTS) is 1. The van der Waals surface area contributed by atoms with Crippen LogP contribution in [0.5, 0.6) is 0 Å². The van der Waals surface area contributed by atoms with E-state index in [0.717, 1.165) is 41.8 Å². The standard InChI is InChI=1S/C12H15NO4S/c14-11(15)5-4-9-7-13-10(18-9)8-17-12-3-1-2-6-16-12/h4-5,7,12H,1-3,6,8H2,(H,14,15). The molecule has 1 fully saturated rings. The molecule has 1 atom stereocenters. The van der Waals surface area contributed by atoms with Crippen molar-refractivity contribution in [2.75, 3.05) is 6.61 Å². The maximum atomic E-state index is 10.4. The van der Waals surface area contributed by atoms with Crippen LogP contribution in [0.25, 0.3) is 6.08 Å². The van der Waals surface area contributed by atoms with E-state index >= 15 is 0 Å². The Labute approximate surface area is 109 Å². The molecule has 1 saturated heterocycles. The van der Waals surface area contributed by atoms with Crippen molar-refractivity contribution in [2.45, 2.75) is 32.2 Å². The maximum Gasteiger partial charge on any atom is 0.328 e. The van der Waals surface area contributed by atoms with E-state index in [0.29, 0.717) is 6.61 Å². The number of hydrogen-bond donors (Lipinski definition) is 1. The molecule has 2 rings (SSSR count). The highest BCUT2D eigenvalue weighted by Gasteiger charge is 2.14. The van der Waals surface area contributed by atoms with Gasteiger partial charge in [0.05, 0.1) is 0 Å². The SMILES string of the molecule is O=C(O)C=Cc1cnc(COC2CCCCO2)s1. The Morgan fingerprint density at radius 2 is 2.56 bits per heavy atom. The van der Waals surface area contributed by atoms with Crippen LogP contribution in [-0.2, 0) is 20.9 Å². The van der Waals surface area contributed by atoms with Crippen molar-refractivity contribution in [1.29, 1.82) is 0 Å². The van der Waals surface area contributed by atoms with Crippen molar-refractivity contribution in [2.24, 2.45) is 0 Å². The van der Waals surface area contributed by atoms with E-state index in [1.165, 1.54) is 17.4 Å². The summed E-state index contributed by atoms with van der Waals surface area (Å²) in [5.74, 6) is -0.961. The van der Waals surface area contributed by atoms with Gasteiger partial charge in [0.1, 0.15) is 11.6 Å². The third-order valence-corrected chi connectivity index (χ3v) is 3.43. The molecular formula is C12H15NO4S. The second-order valence-corrected chi connectivity index (χ2v) is 5.08. The van der Waals surface area contributed by atoms with Crippen molar-refractivity contribution in [3.05, 3.63) is 22.2 Å². The minimum absolute atomic E-state index is 0.124. The molecule has 1 unspecified atom stereocenters. The van der Waals surface area contributed by atoms with E-state index in [4.69, 9.17) is 14.6 Å². The average Bonchev–Trinajstić information content (AvgIpc) is 2.83. The molecule has 98 valence electrons. The van der Waals surface area contributed by atoms with Gasteiger partial charge < -0.3 is 14.6 Å². The quantitative estimate of drug-likeness (QED) is 0.830. The second-order valence-electron chi connectivity index (χ2n) is 3.94. The van der Waals surface area contributed by atoms with Crippen molar-refractivity contribution in [3.63, 3.8) is 0 Å². The van der Waals surface area contributed by atoms with Gasteiger partial charge in [-0.15, -0.1) is 11.3 Å². The summed E-state index contributed by atoms with van der Waals surface area (Å²) in [7, 11) is 0. The molecule has 5 nitrogen and oxygen atoms in total. The van der Waals surface area contributed by atoms with Crippen LogP contribution in [0, 0.1) is 0 Å². The summed E-state index contributed by atoms with van der Waals surface area (Å²) in [6.07, 6.45) is 7.31. The van der Waals surface area contributed by atoms with Gasteiger partial charge in [-0.1, -0.05) is 0 Å². The summed E-state index contributed by atoms with van der Waals surface area (Å²) in [4.78, 5) is 15.3. The average molecular weight is 269 g/mol. The molecule has 1 aromatic heterocycles. The largest absolute Gasteiger partial charge is 0.478 e. The summed E-state index contributed by atoms with van der Waals surface area (Å²) in [6, 6.07) is 0. The van der Waals surface area contributed by atoms with E-state index in [2.05, 4.69) is 4.98 Å². The fourth-order valence-electron chi connectivity index (χ4n) is 1.63. The lowest BCUT2D eigenvalue weighted by Crippen LogP contribution is -2.21. The highest BCUT2D eigenvalue weighted by Crippen LogP contribution is 2.19. The summed E-state index contributed by atoms with van der Waals surface area (Å²) in [6.45, 7) is 1.17. The van der Waals surface area contributed by atoms with Crippen LogP contribution in [0.15, 0.2) is 12.3 Å². The fraction of sp³-hybridized carbons (Fsp3) is 0.500. The third kappa shape index (κ3) is 4.21. The Kier molecular flexibility index (Phi) is 4.86. The molecule has 18 heavy (non-hydrogen) atoms. The summed E-state index contributed by atoms with van der Waals surface area (Å²) < 4.78 is 11.0. The van der Waals surface area contributed by atoms with Gasteiger partial charge in [-0.2, -0.15) is 0 Å². The van der Waals surface area contributed by atoms with Crippen molar-refractivity contribution in [3.8, 4) is 0 Å². The zero-order valence-electron chi connectivity index (χ0n) is 9.87. The number of aromatic nitrogens is 1. The number of rotatable bonds is 5. The molecule has 0 bridgehead atoms. The topological polar surface area (TPSA) is 68.7 Å². The first-order valence-corrected chi connectivity index (χ1v) is 6.64. The molecule has 0 spiro atoms. The number of nitrogens with zero attached hydrogens (tertiary/aromatic N) is 1. The zero-order valence-corrected chi connectivity index (χ0v) is 10.7.